The minimum atomic E-state index is -0.0938. The highest BCUT2D eigenvalue weighted by molar-refractivity contribution is 4.67. The monoisotopic (exact) mass is 114 g/mol. The van der Waals surface area contributed by atoms with Crippen LogP contribution in [-0.2, 0) is 0 Å². The first kappa shape index (κ1) is 5.69. The fourth-order valence-electron chi connectivity index (χ4n) is 0.923. The lowest BCUT2D eigenvalue weighted by Gasteiger charge is -2.15. The van der Waals surface area contributed by atoms with Gasteiger partial charge < -0.3 is 0 Å². The Bertz CT molecular complexity index is 78.5. The molecule has 1 N–H and O–H groups in total. The average molecular weight is 114 g/mol. The Balaban J connectivity index is 2.22. The molecular weight excluding hydrogens is 104 g/mol. The molecule has 0 saturated carbocycles. The van der Waals surface area contributed by atoms with Crippen LogP contribution >= 0.6 is 0 Å². The van der Waals surface area contributed by atoms with E-state index in [4.69, 9.17) is 0 Å². The summed E-state index contributed by atoms with van der Waals surface area (Å²) < 4.78 is 0. The molecule has 0 radical (unpaired) electrons. The zero-order chi connectivity index (χ0) is 5.82. The van der Waals surface area contributed by atoms with Crippen LogP contribution in [0.15, 0.2) is 5.18 Å². The maximum absolute atomic E-state index is 9.85. The van der Waals surface area contributed by atoms with Crippen molar-refractivity contribution in [2.45, 2.75) is 25.4 Å². The summed E-state index contributed by atoms with van der Waals surface area (Å²) in [5.41, 5.74) is 0. The van der Waals surface area contributed by atoms with Gasteiger partial charge in [0.15, 0.2) is 0 Å². The second-order valence-electron chi connectivity index (χ2n) is 2.07. The lowest BCUT2D eigenvalue weighted by Crippen LogP contribution is -2.31. The third kappa shape index (κ3) is 1.26. The molecule has 1 aliphatic heterocycles. The van der Waals surface area contributed by atoms with Crippen molar-refractivity contribution in [2.24, 2.45) is 5.18 Å². The molecule has 3 nitrogen and oxygen atoms in total. The van der Waals surface area contributed by atoms with E-state index >= 15 is 0 Å². The van der Waals surface area contributed by atoms with Crippen LogP contribution in [-0.4, -0.2) is 12.7 Å². The van der Waals surface area contributed by atoms with E-state index in [-0.39, 0.29) is 6.17 Å². The highest BCUT2D eigenvalue weighted by Gasteiger charge is 2.10. The first-order chi connectivity index (χ1) is 3.93. The van der Waals surface area contributed by atoms with E-state index in [2.05, 4.69) is 10.5 Å². The van der Waals surface area contributed by atoms with Crippen LogP contribution in [0.3, 0.4) is 0 Å². The number of nitrogens with one attached hydrogen (secondary N) is 1. The maximum Gasteiger partial charge on any atom is 0.142 e. The lowest BCUT2D eigenvalue weighted by molar-refractivity contribution is 0.410. The van der Waals surface area contributed by atoms with Crippen LogP contribution in [0.2, 0.25) is 0 Å². The minimum Gasteiger partial charge on any atom is -0.293 e. The van der Waals surface area contributed by atoms with Crippen LogP contribution in [0, 0.1) is 4.91 Å². The highest BCUT2D eigenvalue weighted by atomic mass is 16.3. The quantitative estimate of drug-likeness (QED) is 0.513. The smallest absolute Gasteiger partial charge is 0.142 e. The van der Waals surface area contributed by atoms with Crippen molar-refractivity contribution in [2.75, 3.05) is 6.54 Å². The first-order valence-corrected chi connectivity index (χ1v) is 2.99. The SMILES string of the molecule is O=NC1CCCCN1. The Morgan fingerprint density at radius 3 is 2.75 bits per heavy atom. The predicted molar refractivity (Wildman–Crippen MR) is 31.4 cm³/mol. The molecule has 0 bridgehead atoms. The summed E-state index contributed by atoms with van der Waals surface area (Å²) in [6.07, 6.45) is 3.16. The zero-order valence-electron chi connectivity index (χ0n) is 4.76. The Hall–Kier alpha value is -0.440. The summed E-state index contributed by atoms with van der Waals surface area (Å²) in [6, 6.07) is 0. The first-order valence-electron chi connectivity index (χ1n) is 2.99. The van der Waals surface area contributed by atoms with Crippen molar-refractivity contribution in [3.8, 4) is 0 Å². The standard InChI is InChI=1S/C5H10N2O/c8-7-5-3-1-2-4-6-5/h5-6H,1-4H2. The van der Waals surface area contributed by atoms with Gasteiger partial charge in [-0.05, 0) is 25.8 Å². The molecule has 1 rings (SSSR count). The van der Waals surface area contributed by atoms with Crippen molar-refractivity contribution in [1.29, 1.82) is 0 Å². The molecule has 1 saturated heterocycles. The third-order valence-corrected chi connectivity index (χ3v) is 1.41. The molecule has 0 aromatic heterocycles. The second kappa shape index (κ2) is 2.77. The summed E-state index contributed by atoms with van der Waals surface area (Å²) in [4.78, 5) is 9.85. The molecule has 1 unspecified atom stereocenters. The number of hydrogen-bond acceptors (Lipinski definition) is 3. The van der Waals surface area contributed by atoms with Crippen LogP contribution in [0.4, 0.5) is 0 Å². The van der Waals surface area contributed by atoms with Gasteiger partial charge in [-0.1, -0.05) is 5.18 Å². The molecule has 46 valence electrons. The molecule has 1 fully saturated rings. The van der Waals surface area contributed by atoms with Gasteiger partial charge in [0, 0.05) is 0 Å². The van der Waals surface area contributed by atoms with Gasteiger partial charge >= 0.3 is 0 Å². The van der Waals surface area contributed by atoms with Gasteiger partial charge in [0.25, 0.3) is 0 Å². The van der Waals surface area contributed by atoms with Gasteiger partial charge in [-0.25, -0.2) is 0 Å². The number of nitroso groups, excluding NO2 is 1. The van der Waals surface area contributed by atoms with E-state index in [0.717, 1.165) is 19.4 Å². The molecule has 1 atom stereocenters. The van der Waals surface area contributed by atoms with Crippen molar-refractivity contribution >= 4 is 0 Å². The van der Waals surface area contributed by atoms with E-state index in [1.807, 2.05) is 0 Å². The number of nitrogens with zero attached hydrogens (tertiary/aromatic N) is 1. The van der Waals surface area contributed by atoms with Gasteiger partial charge in [0.1, 0.15) is 6.17 Å². The summed E-state index contributed by atoms with van der Waals surface area (Å²) in [5.74, 6) is 0. The lowest BCUT2D eigenvalue weighted by atomic mass is 10.1. The van der Waals surface area contributed by atoms with Gasteiger partial charge in [-0.3, -0.25) is 5.32 Å². The Labute approximate surface area is 48.4 Å². The molecule has 1 heterocycles. The Morgan fingerprint density at radius 1 is 1.50 bits per heavy atom. The molecule has 0 amide bonds. The van der Waals surface area contributed by atoms with Gasteiger partial charge in [0.05, 0.1) is 0 Å². The van der Waals surface area contributed by atoms with Gasteiger partial charge in [-0.15, -0.1) is 4.91 Å². The fraction of sp³-hybridized carbons (Fsp3) is 1.00. The zero-order valence-corrected chi connectivity index (χ0v) is 4.76. The van der Waals surface area contributed by atoms with Crippen LogP contribution < -0.4 is 5.32 Å². The van der Waals surface area contributed by atoms with Crippen LogP contribution in [0.25, 0.3) is 0 Å². The average Bonchev–Trinajstić information content (AvgIpc) is 1.90. The fourth-order valence-corrected chi connectivity index (χ4v) is 0.923. The predicted octanol–water partition coefficient (Wildman–Crippen LogP) is 0.852. The minimum absolute atomic E-state index is 0.0938. The summed E-state index contributed by atoms with van der Waals surface area (Å²) in [6.45, 7) is 0.955. The van der Waals surface area contributed by atoms with Crippen molar-refractivity contribution < 1.29 is 0 Å². The Kier molecular flexibility index (Phi) is 1.97. The molecule has 0 aromatic carbocycles. The molecule has 0 aromatic rings. The molecule has 3 heteroatoms. The number of piperidine rings is 1. The topological polar surface area (TPSA) is 41.5 Å². The van der Waals surface area contributed by atoms with Gasteiger partial charge in [0.2, 0.25) is 0 Å². The molecular formula is C5H10N2O. The third-order valence-electron chi connectivity index (χ3n) is 1.41. The largest absolute Gasteiger partial charge is 0.293 e. The van der Waals surface area contributed by atoms with E-state index in [9.17, 15) is 4.91 Å². The number of rotatable bonds is 1. The normalized spacial score (nSPS) is 29.8. The summed E-state index contributed by atoms with van der Waals surface area (Å²) >= 11 is 0. The number of hydrogen-bond donors (Lipinski definition) is 1. The Morgan fingerprint density at radius 2 is 2.38 bits per heavy atom. The van der Waals surface area contributed by atoms with Crippen LogP contribution in [0.5, 0.6) is 0 Å². The van der Waals surface area contributed by atoms with Crippen molar-refractivity contribution in [3.63, 3.8) is 0 Å². The maximum atomic E-state index is 9.85. The van der Waals surface area contributed by atoms with E-state index in [1.54, 1.807) is 0 Å². The highest BCUT2D eigenvalue weighted by Crippen LogP contribution is 2.06. The van der Waals surface area contributed by atoms with Crippen LogP contribution in [0.1, 0.15) is 19.3 Å². The molecule has 0 spiro atoms. The summed E-state index contributed by atoms with van der Waals surface area (Å²) in [5, 5.41) is 5.88. The molecule has 0 aliphatic carbocycles. The van der Waals surface area contributed by atoms with Crippen molar-refractivity contribution in [1.82, 2.24) is 5.32 Å². The summed E-state index contributed by atoms with van der Waals surface area (Å²) in [7, 11) is 0. The van der Waals surface area contributed by atoms with E-state index in [0.29, 0.717) is 0 Å². The van der Waals surface area contributed by atoms with E-state index in [1.165, 1.54) is 6.42 Å². The molecule has 1 aliphatic rings. The van der Waals surface area contributed by atoms with Gasteiger partial charge in [-0.2, -0.15) is 0 Å². The van der Waals surface area contributed by atoms with E-state index < -0.39 is 0 Å². The molecule has 8 heavy (non-hydrogen) atoms. The second-order valence-corrected chi connectivity index (χ2v) is 2.07. The van der Waals surface area contributed by atoms with Crippen molar-refractivity contribution in [3.05, 3.63) is 4.91 Å².